The first-order valence-electron chi connectivity index (χ1n) is 12.6. The molecule has 0 saturated carbocycles. The molecule has 0 spiro atoms. The first-order chi connectivity index (χ1) is 18.1. The normalized spacial score (nSPS) is 15.1. The molecule has 9 nitrogen and oxygen atoms in total. The van der Waals surface area contributed by atoms with Crippen molar-refractivity contribution in [2.24, 2.45) is 0 Å². The Morgan fingerprint density at radius 1 is 1.03 bits per heavy atom. The molecule has 3 aromatic rings. The number of para-hydroxylation sites is 2. The zero-order valence-electron chi connectivity index (χ0n) is 21.2. The largest absolute Gasteiger partial charge is 0.490 e. The molecule has 1 saturated heterocycles. The molecule has 2 heterocycles. The highest BCUT2D eigenvalue weighted by atomic mass is 16.5. The standard InChI is InChI=1S/C28H32N4O5/c1-3-26(33)37-22-13-11-20(12-14-22)16-29-27(34)21-17-30-28(31-18-21)32-15-7-8-23(19-32)36-25-10-6-5-9-24(25)35-4-2/h5-6,9-14,17-18,23H,3-4,7-8,15-16,19H2,1-2H3,(H,29,34)/t23-/m1/s1. The molecule has 2 aromatic carbocycles. The Hall–Kier alpha value is -4.14. The van der Waals surface area contributed by atoms with E-state index in [1.165, 1.54) is 0 Å². The van der Waals surface area contributed by atoms with Gasteiger partial charge in [0.15, 0.2) is 11.5 Å². The number of hydrogen-bond acceptors (Lipinski definition) is 8. The van der Waals surface area contributed by atoms with E-state index >= 15 is 0 Å². The number of piperidine rings is 1. The molecule has 0 unspecified atom stereocenters. The molecule has 1 aliphatic rings. The summed E-state index contributed by atoms with van der Waals surface area (Å²) in [5.41, 5.74) is 1.26. The number of aromatic nitrogens is 2. The van der Waals surface area contributed by atoms with Gasteiger partial charge in [0, 0.05) is 31.9 Å². The Labute approximate surface area is 216 Å². The van der Waals surface area contributed by atoms with Crippen LogP contribution < -0.4 is 24.4 Å². The van der Waals surface area contributed by atoms with Crippen LogP contribution in [0.1, 0.15) is 49.0 Å². The maximum Gasteiger partial charge on any atom is 0.310 e. The number of nitrogens with one attached hydrogen (secondary N) is 1. The smallest absolute Gasteiger partial charge is 0.310 e. The van der Waals surface area contributed by atoms with Gasteiger partial charge in [-0.25, -0.2) is 9.97 Å². The minimum atomic E-state index is -0.288. The maximum absolute atomic E-state index is 12.6. The van der Waals surface area contributed by atoms with Crippen LogP contribution in [0, 0.1) is 0 Å². The van der Waals surface area contributed by atoms with Gasteiger partial charge in [0.25, 0.3) is 5.91 Å². The summed E-state index contributed by atoms with van der Waals surface area (Å²) in [6.45, 7) is 6.07. The van der Waals surface area contributed by atoms with Crippen molar-refractivity contribution in [1.29, 1.82) is 0 Å². The van der Waals surface area contributed by atoms with Gasteiger partial charge in [-0.1, -0.05) is 31.2 Å². The molecular formula is C28H32N4O5. The minimum Gasteiger partial charge on any atom is -0.490 e. The number of amides is 1. The lowest BCUT2D eigenvalue weighted by atomic mass is 10.1. The Morgan fingerprint density at radius 3 is 2.46 bits per heavy atom. The lowest BCUT2D eigenvalue weighted by Gasteiger charge is -2.33. The van der Waals surface area contributed by atoms with E-state index in [0.717, 1.165) is 36.4 Å². The predicted molar refractivity (Wildman–Crippen MR) is 139 cm³/mol. The number of carbonyl (C=O) groups is 2. The van der Waals surface area contributed by atoms with Crippen LogP contribution in [-0.2, 0) is 11.3 Å². The van der Waals surface area contributed by atoms with Crippen LogP contribution in [0.15, 0.2) is 60.9 Å². The van der Waals surface area contributed by atoms with Crippen LogP contribution in [0.5, 0.6) is 17.2 Å². The molecule has 1 amide bonds. The van der Waals surface area contributed by atoms with Gasteiger partial charge in [-0.15, -0.1) is 0 Å². The van der Waals surface area contributed by atoms with E-state index in [1.807, 2.05) is 31.2 Å². The summed E-state index contributed by atoms with van der Waals surface area (Å²) in [7, 11) is 0. The molecule has 1 aliphatic heterocycles. The van der Waals surface area contributed by atoms with Crippen molar-refractivity contribution < 1.29 is 23.8 Å². The summed E-state index contributed by atoms with van der Waals surface area (Å²) in [4.78, 5) is 34.9. The number of rotatable bonds is 10. The molecule has 1 N–H and O–H groups in total. The van der Waals surface area contributed by atoms with Crippen LogP contribution in [-0.4, -0.2) is 47.6 Å². The molecule has 1 atom stereocenters. The van der Waals surface area contributed by atoms with Crippen molar-refractivity contribution in [2.45, 2.75) is 45.8 Å². The van der Waals surface area contributed by atoms with Gasteiger partial charge in [-0.3, -0.25) is 9.59 Å². The second kappa shape index (κ2) is 12.7. The van der Waals surface area contributed by atoms with Crippen molar-refractivity contribution >= 4 is 17.8 Å². The average Bonchev–Trinajstić information content (AvgIpc) is 2.94. The SMILES string of the molecule is CCOc1ccccc1O[C@@H]1CCCN(c2ncc(C(=O)NCc3ccc(OC(=O)CC)cc3)cn2)C1. The quantitative estimate of drug-likeness (QED) is 0.324. The third-order valence-corrected chi connectivity index (χ3v) is 5.90. The third-order valence-electron chi connectivity index (χ3n) is 5.90. The number of ether oxygens (including phenoxy) is 3. The zero-order chi connectivity index (χ0) is 26.0. The predicted octanol–water partition coefficient (Wildman–Crippen LogP) is 4.17. The lowest BCUT2D eigenvalue weighted by molar-refractivity contribution is -0.134. The van der Waals surface area contributed by atoms with Gasteiger partial charge in [-0.2, -0.15) is 0 Å². The lowest BCUT2D eigenvalue weighted by Crippen LogP contribution is -2.42. The minimum absolute atomic E-state index is 0.0150. The summed E-state index contributed by atoms with van der Waals surface area (Å²) in [6, 6.07) is 14.7. The zero-order valence-corrected chi connectivity index (χ0v) is 21.2. The number of nitrogens with zero attached hydrogens (tertiary/aromatic N) is 3. The van der Waals surface area contributed by atoms with E-state index in [2.05, 4.69) is 20.2 Å². The van der Waals surface area contributed by atoms with Crippen LogP contribution in [0.3, 0.4) is 0 Å². The Bertz CT molecular complexity index is 1180. The highest BCUT2D eigenvalue weighted by molar-refractivity contribution is 5.93. The van der Waals surface area contributed by atoms with Crippen LogP contribution in [0.4, 0.5) is 5.95 Å². The highest BCUT2D eigenvalue weighted by Gasteiger charge is 2.24. The van der Waals surface area contributed by atoms with Crippen LogP contribution in [0.2, 0.25) is 0 Å². The molecule has 1 fully saturated rings. The van der Waals surface area contributed by atoms with Gasteiger partial charge < -0.3 is 24.4 Å². The average molecular weight is 505 g/mol. The first kappa shape index (κ1) is 25.9. The topological polar surface area (TPSA) is 103 Å². The molecular weight excluding hydrogens is 472 g/mol. The van der Waals surface area contributed by atoms with Crippen molar-refractivity contribution in [1.82, 2.24) is 15.3 Å². The number of anilines is 1. The fourth-order valence-corrected chi connectivity index (χ4v) is 3.98. The van der Waals surface area contributed by atoms with Crippen molar-refractivity contribution in [2.75, 3.05) is 24.6 Å². The van der Waals surface area contributed by atoms with Crippen molar-refractivity contribution in [3.63, 3.8) is 0 Å². The summed E-state index contributed by atoms with van der Waals surface area (Å²) >= 11 is 0. The van der Waals surface area contributed by atoms with Crippen LogP contribution in [0.25, 0.3) is 0 Å². The van der Waals surface area contributed by atoms with Gasteiger partial charge in [0.2, 0.25) is 5.95 Å². The van der Waals surface area contributed by atoms with Gasteiger partial charge >= 0.3 is 5.97 Å². The molecule has 9 heteroatoms. The second-order valence-electron chi connectivity index (χ2n) is 8.63. The number of benzene rings is 2. The summed E-state index contributed by atoms with van der Waals surface area (Å²) in [5.74, 6) is 1.98. The summed E-state index contributed by atoms with van der Waals surface area (Å²) in [5, 5.41) is 2.86. The van der Waals surface area contributed by atoms with Gasteiger partial charge in [0.1, 0.15) is 11.9 Å². The number of esters is 1. The Balaban J connectivity index is 1.30. The molecule has 0 radical (unpaired) electrons. The molecule has 1 aromatic heterocycles. The Morgan fingerprint density at radius 2 is 1.76 bits per heavy atom. The Kier molecular flexibility index (Phi) is 8.91. The van der Waals surface area contributed by atoms with E-state index < -0.39 is 0 Å². The fourth-order valence-electron chi connectivity index (χ4n) is 3.98. The molecule has 194 valence electrons. The van der Waals surface area contributed by atoms with E-state index in [4.69, 9.17) is 14.2 Å². The molecule has 37 heavy (non-hydrogen) atoms. The van der Waals surface area contributed by atoms with E-state index in [0.29, 0.717) is 43.4 Å². The highest BCUT2D eigenvalue weighted by Crippen LogP contribution is 2.29. The monoisotopic (exact) mass is 504 g/mol. The fraction of sp³-hybridized carbons (Fsp3) is 0.357. The molecule has 4 rings (SSSR count). The van der Waals surface area contributed by atoms with Crippen molar-refractivity contribution in [3.8, 4) is 17.2 Å². The first-order valence-corrected chi connectivity index (χ1v) is 12.6. The second-order valence-corrected chi connectivity index (χ2v) is 8.63. The number of carbonyl (C=O) groups excluding carboxylic acids is 2. The number of hydrogen-bond donors (Lipinski definition) is 1. The molecule has 0 bridgehead atoms. The molecule has 0 aliphatic carbocycles. The summed E-state index contributed by atoms with van der Waals surface area (Å²) < 4.78 is 17.1. The maximum atomic E-state index is 12.6. The van der Waals surface area contributed by atoms with Gasteiger partial charge in [0.05, 0.1) is 18.7 Å². The van der Waals surface area contributed by atoms with E-state index in [-0.39, 0.29) is 18.0 Å². The van der Waals surface area contributed by atoms with Gasteiger partial charge in [-0.05, 0) is 49.6 Å². The van der Waals surface area contributed by atoms with E-state index in [1.54, 1.807) is 43.6 Å². The third kappa shape index (κ3) is 7.19. The van der Waals surface area contributed by atoms with Crippen LogP contribution >= 0.6 is 0 Å². The summed E-state index contributed by atoms with van der Waals surface area (Å²) in [6.07, 6.45) is 5.26. The van der Waals surface area contributed by atoms with E-state index in [9.17, 15) is 9.59 Å². The van der Waals surface area contributed by atoms with Crippen molar-refractivity contribution in [3.05, 3.63) is 72.1 Å².